The fourth-order valence-corrected chi connectivity index (χ4v) is 5.24. The Morgan fingerprint density at radius 1 is 1.02 bits per heavy atom. The molecule has 6 N–H and O–H groups in total. The van der Waals surface area contributed by atoms with E-state index in [1.807, 2.05) is 13.8 Å². The van der Waals surface area contributed by atoms with Crippen molar-refractivity contribution in [3.05, 3.63) is 90.2 Å². The molecule has 4 rings (SSSR count). The summed E-state index contributed by atoms with van der Waals surface area (Å²) in [5.74, 6) is -0.652. The predicted molar refractivity (Wildman–Crippen MR) is 191 cm³/mol. The number of carbonyl (C=O) groups is 1. The van der Waals surface area contributed by atoms with Crippen LogP contribution in [0, 0.1) is 0 Å². The molecule has 55 heavy (non-hydrogen) atoms. The molecule has 0 saturated carbocycles. The first-order valence-corrected chi connectivity index (χ1v) is 17.9. The fourth-order valence-electron chi connectivity index (χ4n) is 4.32. The van der Waals surface area contributed by atoms with E-state index in [9.17, 15) is 13.2 Å². The highest BCUT2D eigenvalue weighted by Gasteiger charge is 2.25. The Bertz CT molecular complexity index is 2040. The second-order valence-electron chi connectivity index (χ2n) is 11.3. The van der Waals surface area contributed by atoms with Gasteiger partial charge in [-0.3, -0.25) is 25.0 Å². The Morgan fingerprint density at radius 2 is 1.75 bits per heavy atom. The first kappa shape index (κ1) is 41.6. The van der Waals surface area contributed by atoms with Gasteiger partial charge in [-0.2, -0.15) is 8.42 Å². The highest BCUT2D eigenvalue weighted by atomic mass is 32.2. The summed E-state index contributed by atoms with van der Waals surface area (Å²) in [6, 6.07) is 12.6. The largest absolute Gasteiger partial charge is 0.508 e. The number of rotatable bonds is 20. The number of ether oxygens (including phenoxy) is 5. The van der Waals surface area contributed by atoms with E-state index in [0.29, 0.717) is 24.1 Å². The molecule has 0 radical (unpaired) electrons. The maximum Gasteiger partial charge on any atom is 0.508 e. The minimum absolute atomic E-state index is 0.0300. The lowest BCUT2D eigenvalue weighted by molar-refractivity contribution is -0.492. The third kappa shape index (κ3) is 12.7. The number of nitrogens with two attached hydrogens (primary N) is 1. The van der Waals surface area contributed by atoms with Crippen molar-refractivity contribution in [3.8, 4) is 23.0 Å². The number of benzene rings is 1. The Balaban J connectivity index is 1.66. The zero-order valence-corrected chi connectivity index (χ0v) is 30.8. The molecule has 0 atom stereocenters. The Kier molecular flexibility index (Phi) is 15.3. The molecule has 0 saturated heterocycles. The summed E-state index contributed by atoms with van der Waals surface area (Å²) in [6.45, 7) is 7.12. The standard InChI is InChI=1S/C33H40N10O11S/c1-21(2)24-11-12-28(36-20-24)55(47,48)40-30(34)29(54-27-10-6-5-9-26(27)49-4)32(50-17-18-52-33(44)51-15-7-8-16-53-43(45)46)37-22(3)23-13-14-35-25(19-23)31-38-41-42-39-31/h5-6,9-14,19-21,40,45-46H,3,7-8,15-18,34H2,1-2,4H3,(H,38,39,41,42)/b30-29-,37-32+. The maximum atomic E-state index is 13.5. The molecule has 3 aromatic heterocycles. The van der Waals surface area contributed by atoms with Crippen molar-refractivity contribution in [3.63, 3.8) is 0 Å². The summed E-state index contributed by atoms with van der Waals surface area (Å²) in [7, 11) is -2.99. The third-order valence-corrected chi connectivity index (χ3v) is 8.37. The quantitative estimate of drug-likeness (QED) is 0.0215. The smallest absolute Gasteiger partial charge is 0.493 e. The van der Waals surface area contributed by atoms with Gasteiger partial charge in [0.1, 0.15) is 18.9 Å². The second kappa shape index (κ2) is 20.3. The molecule has 0 fully saturated rings. The molecule has 0 unspecified atom stereocenters. The molecule has 294 valence electrons. The third-order valence-electron chi connectivity index (χ3n) is 7.09. The Hall–Kier alpha value is -6.20. The summed E-state index contributed by atoms with van der Waals surface area (Å²) in [5, 5.41) is 30.0. The molecule has 0 aliphatic carbocycles. The lowest BCUT2D eigenvalue weighted by Crippen LogP contribution is -2.33. The number of nitrogens with one attached hydrogen (secondary N) is 2. The molecular weight excluding hydrogens is 744 g/mol. The van der Waals surface area contributed by atoms with Gasteiger partial charge in [0.25, 0.3) is 15.9 Å². The molecule has 3 heterocycles. The SMILES string of the molecule is C=C(/N=C(OCCOC(=O)OCCCCON(O)O)\C(Oc1ccccc1OC)=C(/N)NS(=O)(=O)c1ccc(C(C)C)cn1)c1ccnc(-c2nnn[nH]2)c1. The van der Waals surface area contributed by atoms with Gasteiger partial charge in [-0.1, -0.05) is 38.6 Å². The predicted octanol–water partition coefficient (Wildman–Crippen LogP) is 3.31. The van der Waals surface area contributed by atoms with Crippen molar-refractivity contribution < 1.29 is 52.1 Å². The molecule has 0 bridgehead atoms. The van der Waals surface area contributed by atoms with Crippen LogP contribution in [0.2, 0.25) is 0 Å². The maximum absolute atomic E-state index is 13.5. The van der Waals surface area contributed by atoms with Gasteiger partial charge in [0, 0.05) is 18.0 Å². The first-order valence-electron chi connectivity index (χ1n) is 16.4. The van der Waals surface area contributed by atoms with Crippen molar-refractivity contribution in [2.24, 2.45) is 10.7 Å². The van der Waals surface area contributed by atoms with Crippen LogP contribution < -0.4 is 19.9 Å². The van der Waals surface area contributed by atoms with Gasteiger partial charge in [-0.15, -0.1) is 5.10 Å². The van der Waals surface area contributed by atoms with Crippen LogP contribution in [0.25, 0.3) is 17.2 Å². The van der Waals surface area contributed by atoms with Crippen LogP contribution in [0.5, 0.6) is 11.5 Å². The molecule has 0 amide bonds. The number of para-hydroxylation sites is 2. The average Bonchev–Trinajstić information content (AvgIpc) is 3.72. The van der Waals surface area contributed by atoms with Gasteiger partial charge in [-0.05, 0) is 65.1 Å². The van der Waals surface area contributed by atoms with Crippen LogP contribution in [0.3, 0.4) is 0 Å². The molecule has 0 spiro atoms. The summed E-state index contributed by atoms with van der Waals surface area (Å²) >= 11 is 0. The van der Waals surface area contributed by atoms with Gasteiger partial charge in [0.2, 0.25) is 5.76 Å². The monoisotopic (exact) mass is 784 g/mol. The Labute approximate surface area is 315 Å². The average molecular weight is 785 g/mol. The summed E-state index contributed by atoms with van der Waals surface area (Å²) in [5.41, 5.74) is 8.11. The van der Waals surface area contributed by atoms with E-state index < -0.39 is 39.0 Å². The number of methoxy groups -OCH3 is 1. The minimum Gasteiger partial charge on any atom is -0.493 e. The molecule has 22 heteroatoms. The lowest BCUT2D eigenvalue weighted by atomic mass is 10.1. The number of unbranched alkanes of at least 4 members (excludes halogenated alkanes) is 1. The number of hydrogen-bond donors (Lipinski definition) is 5. The number of aliphatic imine (C=N–C) groups is 1. The zero-order valence-electron chi connectivity index (χ0n) is 30.0. The summed E-state index contributed by atoms with van der Waals surface area (Å²) in [4.78, 5) is 29.5. The van der Waals surface area contributed by atoms with Crippen LogP contribution in [-0.2, 0) is 29.1 Å². The van der Waals surface area contributed by atoms with E-state index >= 15 is 0 Å². The molecule has 0 aliphatic rings. The van der Waals surface area contributed by atoms with Gasteiger partial charge in [0.05, 0.1) is 31.4 Å². The van der Waals surface area contributed by atoms with Gasteiger partial charge >= 0.3 is 6.16 Å². The molecular formula is C33H40N10O11S. The van der Waals surface area contributed by atoms with E-state index in [4.69, 9.17) is 39.8 Å². The molecule has 1 aromatic carbocycles. The number of hydrogen-bond acceptors (Lipinski definition) is 19. The van der Waals surface area contributed by atoms with Crippen LogP contribution >= 0.6 is 0 Å². The minimum atomic E-state index is -4.40. The van der Waals surface area contributed by atoms with Crippen LogP contribution in [0.15, 0.2) is 89.1 Å². The molecule has 4 aromatic rings. The Morgan fingerprint density at radius 3 is 2.42 bits per heavy atom. The van der Waals surface area contributed by atoms with Crippen molar-refractivity contribution >= 4 is 27.8 Å². The van der Waals surface area contributed by atoms with E-state index in [-0.39, 0.29) is 60.4 Å². The number of carbonyl (C=O) groups excluding carboxylic acids is 1. The molecule has 21 nitrogen and oxygen atoms in total. The van der Waals surface area contributed by atoms with Crippen LogP contribution in [-0.4, -0.2) is 100 Å². The normalized spacial score (nSPS) is 12.2. The topological polar surface area (TPSA) is 281 Å². The highest BCUT2D eigenvalue weighted by Crippen LogP contribution is 2.29. The van der Waals surface area contributed by atoms with Gasteiger partial charge < -0.3 is 29.4 Å². The number of tetrazole rings is 1. The van der Waals surface area contributed by atoms with E-state index in [1.54, 1.807) is 36.4 Å². The van der Waals surface area contributed by atoms with Crippen molar-refractivity contribution in [1.29, 1.82) is 0 Å². The number of aromatic amines is 1. The van der Waals surface area contributed by atoms with Crippen molar-refractivity contribution in [2.45, 2.75) is 37.6 Å². The van der Waals surface area contributed by atoms with Crippen LogP contribution in [0.4, 0.5) is 4.79 Å². The highest BCUT2D eigenvalue weighted by molar-refractivity contribution is 7.89. The summed E-state index contributed by atoms with van der Waals surface area (Å²) in [6.07, 6.45) is 2.58. The van der Waals surface area contributed by atoms with E-state index in [0.717, 1.165) is 5.56 Å². The van der Waals surface area contributed by atoms with Crippen molar-refractivity contribution in [1.82, 2.24) is 40.7 Å². The number of pyridine rings is 2. The molecule has 0 aliphatic heterocycles. The zero-order chi connectivity index (χ0) is 39.8. The second-order valence-corrected chi connectivity index (χ2v) is 12.9. The van der Waals surface area contributed by atoms with Gasteiger partial charge in [0.15, 0.2) is 28.2 Å². The summed E-state index contributed by atoms with van der Waals surface area (Å²) < 4.78 is 57.0. The number of sulfonamides is 1. The van der Waals surface area contributed by atoms with Crippen LogP contribution in [0.1, 0.15) is 43.7 Å². The fraction of sp³-hybridized carbons (Fsp3) is 0.303. The van der Waals surface area contributed by atoms with E-state index in [1.165, 1.54) is 31.6 Å². The number of nitrogens with zero attached hydrogens (tertiary/aromatic N) is 7. The first-order chi connectivity index (χ1) is 26.4. The number of aromatic nitrogens is 6. The van der Waals surface area contributed by atoms with Crippen molar-refractivity contribution in [2.75, 3.05) is 33.5 Å². The lowest BCUT2D eigenvalue weighted by Gasteiger charge is -2.19. The number of H-pyrrole nitrogens is 1. The van der Waals surface area contributed by atoms with Gasteiger partial charge in [-0.25, -0.2) is 19.9 Å². The van der Waals surface area contributed by atoms with E-state index in [2.05, 4.69) is 51.7 Å².